The number of aryl methyl sites for hydroxylation is 2. The summed E-state index contributed by atoms with van der Waals surface area (Å²) in [6, 6.07) is 3.94. The van der Waals surface area contributed by atoms with Gasteiger partial charge in [-0.25, -0.2) is 19.9 Å². The summed E-state index contributed by atoms with van der Waals surface area (Å²) >= 11 is 0. The van der Waals surface area contributed by atoms with Crippen molar-refractivity contribution in [3.63, 3.8) is 0 Å². The molecule has 0 saturated heterocycles. The first kappa shape index (κ1) is 31.3. The molecule has 34 heavy (non-hydrogen) atoms. The Hall–Kier alpha value is -2.70. The van der Waals surface area contributed by atoms with Crippen LogP contribution in [0, 0.1) is 13.8 Å². The zero-order valence-corrected chi connectivity index (χ0v) is 23.4. The Bertz CT molecular complexity index is 1030. The van der Waals surface area contributed by atoms with E-state index in [2.05, 4.69) is 28.1 Å². The maximum atomic E-state index is 4.71. The van der Waals surface area contributed by atoms with E-state index in [1.165, 1.54) is 0 Å². The molecule has 0 aliphatic heterocycles. The van der Waals surface area contributed by atoms with Crippen molar-refractivity contribution in [2.45, 2.75) is 65.4 Å². The normalized spacial score (nSPS) is 11.5. The minimum absolute atomic E-state index is 0.663. The largest absolute Gasteiger partial charge is 0.233 e. The maximum absolute atomic E-state index is 4.71. The minimum atomic E-state index is 0.663. The van der Waals surface area contributed by atoms with E-state index in [0.29, 0.717) is 11.6 Å². The van der Waals surface area contributed by atoms with Crippen LogP contribution in [-0.4, -0.2) is 19.9 Å². The molecule has 2 rings (SSSR count). The van der Waals surface area contributed by atoms with Gasteiger partial charge in [-0.15, -0.1) is 0 Å². The molecule has 0 radical (unpaired) electrons. The van der Waals surface area contributed by atoms with Crippen molar-refractivity contribution < 1.29 is 0 Å². The van der Waals surface area contributed by atoms with Crippen LogP contribution in [0.2, 0.25) is 0 Å². The SMILES string of the molecule is C=C/C=C\C(=C/C)c1nc(C)cc(SSc2cc(C)nc(/C(C=C)=C/C=C\C)n2)n1.CC.CC. The van der Waals surface area contributed by atoms with Crippen LogP contribution >= 0.6 is 21.6 Å². The van der Waals surface area contributed by atoms with Crippen LogP contribution in [0.4, 0.5) is 0 Å². The molecule has 0 aromatic carbocycles. The van der Waals surface area contributed by atoms with Gasteiger partial charge in [0.15, 0.2) is 11.6 Å². The molecule has 2 heterocycles. The second-order valence-electron chi connectivity index (χ2n) is 6.20. The van der Waals surface area contributed by atoms with Crippen molar-refractivity contribution in [2.75, 3.05) is 0 Å². The van der Waals surface area contributed by atoms with Crippen molar-refractivity contribution in [2.24, 2.45) is 0 Å². The van der Waals surface area contributed by atoms with Crippen LogP contribution in [0.5, 0.6) is 0 Å². The summed E-state index contributed by atoms with van der Waals surface area (Å²) in [5, 5.41) is 1.74. The van der Waals surface area contributed by atoms with Crippen LogP contribution < -0.4 is 0 Å². The molecule has 0 aliphatic rings. The molecule has 2 aromatic rings. The van der Waals surface area contributed by atoms with Gasteiger partial charge >= 0.3 is 0 Å². The van der Waals surface area contributed by atoms with Gasteiger partial charge < -0.3 is 0 Å². The van der Waals surface area contributed by atoms with Crippen molar-refractivity contribution in [1.82, 2.24) is 19.9 Å². The van der Waals surface area contributed by atoms with Crippen LogP contribution in [0.1, 0.15) is 64.6 Å². The lowest BCUT2D eigenvalue weighted by Gasteiger charge is -2.08. The van der Waals surface area contributed by atoms with Crippen molar-refractivity contribution in [1.29, 1.82) is 0 Å². The lowest BCUT2D eigenvalue weighted by molar-refractivity contribution is 0.978. The highest BCUT2D eigenvalue weighted by molar-refractivity contribution is 8.76. The van der Waals surface area contributed by atoms with E-state index in [4.69, 9.17) is 4.98 Å². The Labute approximate surface area is 214 Å². The number of hydrogen-bond acceptors (Lipinski definition) is 6. The van der Waals surface area contributed by atoms with Crippen LogP contribution in [0.25, 0.3) is 11.1 Å². The Kier molecular flexibility index (Phi) is 17.2. The van der Waals surface area contributed by atoms with Crippen LogP contribution in [-0.2, 0) is 0 Å². The van der Waals surface area contributed by atoms with Crippen LogP contribution in [0.15, 0.2) is 84.0 Å². The molecule has 0 unspecified atom stereocenters. The van der Waals surface area contributed by atoms with Gasteiger partial charge in [-0.2, -0.15) is 0 Å². The third-order valence-corrected chi connectivity index (χ3v) is 5.92. The topological polar surface area (TPSA) is 51.6 Å². The van der Waals surface area contributed by atoms with E-state index >= 15 is 0 Å². The highest BCUT2D eigenvalue weighted by Gasteiger charge is 2.10. The number of rotatable bonds is 9. The second-order valence-corrected chi connectivity index (χ2v) is 8.37. The van der Waals surface area contributed by atoms with Gasteiger partial charge in [0.25, 0.3) is 0 Å². The third kappa shape index (κ3) is 10.9. The van der Waals surface area contributed by atoms with Gasteiger partial charge in [0, 0.05) is 22.5 Å². The molecular weight excluding hydrogens is 456 g/mol. The summed E-state index contributed by atoms with van der Waals surface area (Å²) in [4.78, 5) is 18.5. The van der Waals surface area contributed by atoms with Crippen LogP contribution in [0.3, 0.4) is 0 Å². The standard InChI is InChI=1S/C24H26N4S2.2C2H6/c1-7-11-13-19(9-3)23-25-17(5)15-21(27-23)29-30-22-16-18(6)26-24(28-22)20(10-4)14-12-8-2;2*1-2/h7-16H,1,4H2,2-3,5-6H3;2*1-2H3/b12-8-,13-11-,19-9+,20-14+;;. The highest BCUT2D eigenvalue weighted by Crippen LogP contribution is 2.36. The predicted molar refractivity (Wildman–Crippen MR) is 154 cm³/mol. The minimum Gasteiger partial charge on any atom is -0.233 e. The first-order chi connectivity index (χ1) is 16.5. The average Bonchev–Trinajstić information content (AvgIpc) is 2.86. The number of hydrogen-bond donors (Lipinski definition) is 0. The molecule has 2 aromatic heterocycles. The first-order valence-corrected chi connectivity index (χ1v) is 13.6. The van der Waals surface area contributed by atoms with Gasteiger partial charge in [0.2, 0.25) is 0 Å². The van der Waals surface area contributed by atoms with Gasteiger partial charge in [0.05, 0.1) is 0 Å². The second kappa shape index (κ2) is 18.7. The van der Waals surface area contributed by atoms with E-state index in [0.717, 1.165) is 32.6 Å². The molecule has 182 valence electrons. The van der Waals surface area contributed by atoms with E-state index in [-0.39, 0.29) is 0 Å². The van der Waals surface area contributed by atoms with E-state index in [9.17, 15) is 0 Å². The molecule has 0 spiro atoms. The molecular formula is C28H38N4S2. The van der Waals surface area contributed by atoms with Gasteiger partial charge in [-0.05, 0) is 61.4 Å². The van der Waals surface area contributed by atoms with E-state index in [1.54, 1.807) is 33.7 Å². The fraction of sp³-hybridized carbons (Fsp3) is 0.286. The monoisotopic (exact) mass is 494 g/mol. The molecule has 0 amide bonds. The average molecular weight is 495 g/mol. The lowest BCUT2D eigenvalue weighted by atomic mass is 10.2. The fourth-order valence-electron chi connectivity index (χ4n) is 2.41. The Morgan fingerprint density at radius 3 is 1.68 bits per heavy atom. The summed E-state index contributed by atoms with van der Waals surface area (Å²) in [6.07, 6.45) is 15.2. The molecule has 0 bridgehead atoms. The Balaban J connectivity index is 0.00000258. The fourth-order valence-corrected chi connectivity index (χ4v) is 4.29. The van der Waals surface area contributed by atoms with E-state index in [1.807, 2.05) is 104 Å². The third-order valence-electron chi connectivity index (χ3n) is 3.80. The molecule has 0 N–H and O–H groups in total. The van der Waals surface area contributed by atoms with Gasteiger partial charge in [-0.3, -0.25) is 0 Å². The molecule has 0 saturated carbocycles. The van der Waals surface area contributed by atoms with Crippen molar-refractivity contribution in [3.05, 3.63) is 96.9 Å². The maximum Gasteiger partial charge on any atom is 0.160 e. The number of allylic oxidation sites excluding steroid dienone is 10. The lowest BCUT2D eigenvalue weighted by Crippen LogP contribution is -1.97. The Morgan fingerprint density at radius 2 is 1.26 bits per heavy atom. The zero-order chi connectivity index (χ0) is 25.9. The van der Waals surface area contributed by atoms with Gasteiger partial charge in [0.1, 0.15) is 10.1 Å². The van der Waals surface area contributed by atoms with Crippen molar-refractivity contribution in [3.8, 4) is 0 Å². The molecule has 0 aliphatic carbocycles. The van der Waals surface area contributed by atoms with Crippen molar-refractivity contribution >= 4 is 32.7 Å². The summed E-state index contributed by atoms with van der Waals surface area (Å²) in [7, 11) is 3.10. The van der Waals surface area contributed by atoms with E-state index < -0.39 is 0 Å². The first-order valence-electron chi connectivity index (χ1n) is 11.5. The summed E-state index contributed by atoms with van der Waals surface area (Å²) in [5.41, 5.74) is 3.66. The molecule has 6 heteroatoms. The number of aromatic nitrogens is 4. The quantitative estimate of drug-likeness (QED) is 0.197. The summed E-state index contributed by atoms with van der Waals surface area (Å²) in [5.74, 6) is 1.36. The Morgan fingerprint density at radius 1 is 0.765 bits per heavy atom. The highest BCUT2D eigenvalue weighted by atomic mass is 33.1. The van der Waals surface area contributed by atoms with Gasteiger partial charge in [-0.1, -0.05) is 89.5 Å². The molecule has 4 nitrogen and oxygen atoms in total. The predicted octanol–water partition coefficient (Wildman–Crippen LogP) is 9.03. The summed E-state index contributed by atoms with van der Waals surface area (Å²) < 4.78 is 0. The molecule has 0 atom stereocenters. The smallest absolute Gasteiger partial charge is 0.160 e. The summed E-state index contributed by atoms with van der Waals surface area (Å²) in [6.45, 7) is 23.5. The zero-order valence-electron chi connectivity index (χ0n) is 21.8. The number of nitrogens with zero attached hydrogens (tertiary/aromatic N) is 4. The molecule has 0 fully saturated rings.